The maximum Gasteiger partial charge on any atom is 0.185 e. The van der Waals surface area contributed by atoms with Crippen LogP contribution in [0.1, 0.15) is 39.9 Å². The van der Waals surface area contributed by atoms with Crippen molar-refractivity contribution in [2.75, 3.05) is 6.61 Å². The molecule has 0 N–H and O–H groups in total. The minimum atomic E-state index is -0.0707. The van der Waals surface area contributed by atoms with Gasteiger partial charge in [-0.05, 0) is 48.9 Å². The monoisotopic (exact) mass is 458 g/mol. The first-order valence-corrected chi connectivity index (χ1v) is 11.8. The summed E-state index contributed by atoms with van der Waals surface area (Å²) in [5.74, 6) is 2.20. The number of para-hydroxylation sites is 1. The van der Waals surface area contributed by atoms with Gasteiger partial charge in [0.2, 0.25) is 0 Å². The van der Waals surface area contributed by atoms with E-state index < -0.39 is 0 Å². The van der Waals surface area contributed by atoms with Crippen LogP contribution in [0.2, 0.25) is 0 Å². The molecule has 0 aromatic heterocycles. The Bertz CT molecular complexity index is 1370. The van der Waals surface area contributed by atoms with Crippen molar-refractivity contribution in [3.05, 3.63) is 149 Å². The summed E-state index contributed by atoms with van der Waals surface area (Å²) in [5.41, 5.74) is 4.74. The van der Waals surface area contributed by atoms with E-state index in [1.165, 1.54) is 0 Å². The van der Waals surface area contributed by atoms with Gasteiger partial charge >= 0.3 is 0 Å². The van der Waals surface area contributed by atoms with Crippen LogP contribution in [0.25, 0.3) is 5.76 Å². The lowest BCUT2D eigenvalue weighted by molar-refractivity contribution is 0.104. The van der Waals surface area contributed by atoms with Crippen molar-refractivity contribution in [2.45, 2.75) is 12.8 Å². The van der Waals surface area contributed by atoms with E-state index in [4.69, 9.17) is 9.47 Å². The number of hydrogen-bond acceptors (Lipinski definition) is 3. The van der Waals surface area contributed by atoms with Crippen molar-refractivity contribution in [3.63, 3.8) is 0 Å². The van der Waals surface area contributed by atoms with Gasteiger partial charge in [0.05, 0.1) is 6.61 Å². The predicted octanol–water partition coefficient (Wildman–Crippen LogP) is 7.46. The van der Waals surface area contributed by atoms with Crippen LogP contribution in [0.3, 0.4) is 0 Å². The van der Waals surface area contributed by atoms with Crippen LogP contribution >= 0.6 is 0 Å². The Morgan fingerprint density at radius 1 is 0.829 bits per heavy atom. The number of carbonyl (C=O) groups excluding carboxylic acids is 1. The van der Waals surface area contributed by atoms with Gasteiger partial charge in [-0.2, -0.15) is 0 Å². The normalized spacial score (nSPS) is 14.9. The highest BCUT2D eigenvalue weighted by atomic mass is 16.5. The van der Waals surface area contributed by atoms with Gasteiger partial charge in [0.15, 0.2) is 5.78 Å². The zero-order valence-electron chi connectivity index (χ0n) is 19.6. The molecular weight excluding hydrogens is 432 g/mol. The maximum atomic E-state index is 13.1. The summed E-state index contributed by atoms with van der Waals surface area (Å²) in [6.45, 7) is 2.53. The Kier molecular flexibility index (Phi) is 6.58. The molecule has 3 nitrogen and oxygen atoms in total. The fraction of sp³-hybridized carbons (Fsp3) is 0.0938. The summed E-state index contributed by atoms with van der Waals surface area (Å²) in [4.78, 5) is 13.1. The first-order chi connectivity index (χ1) is 17.2. The summed E-state index contributed by atoms with van der Waals surface area (Å²) in [6, 6.07) is 35.7. The summed E-state index contributed by atoms with van der Waals surface area (Å²) in [5, 5.41) is 0. The lowest BCUT2D eigenvalue weighted by Crippen LogP contribution is -2.15. The number of rotatable bonds is 7. The van der Waals surface area contributed by atoms with Gasteiger partial charge in [-0.25, -0.2) is 0 Å². The third-order valence-corrected chi connectivity index (χ3v) is 6.05. The molecular formula is C32H26O3. The molecule has 5 rings (SSSR count). The second-order valence-electron chi connectivity index (χ2n) is 8.29. The zero-order chi connectivity index (χ0) is 24.0. The van der Waals surface area contributed by atoms with Crippen molar-refractivity contribution >= 4 is 11.5 Å². The third-order valence-electron chi connectivity index (χ3n) is 6.05. The average molecular weight is 459 g/mol. The van der Waals surface area contributed by atoms with Gasteiger partial charge in [0, 0.05) is 28.2 Å². The molecule has 1 aliphatic rings. The molecule has 0 spiro atoms. The maximum absolute atomic E-state index is 13.1. The summed E-state index contributed by atoms with van der Waals surface area (Å²) < 4.78 is 12.0. The number of hydrogen-bond donors (Lipinski definition) is 0. The fourth-order valence-electron chi connectivity index (χ4n) is 4.41. The number of ketones is 1. The van der Waals surface area contributed by atoms with Gasteiger partial charge in [-0.15, -0.1) is 0 Å². The molecule has 0 radical (unpaired) electrons. The smallest absolute Gasteiger partial charge is 0.185 e. The van der Waals surface area contributed by atoms with Gasteiger partial charge < -0.3 is 9.47 Å². The molecule has 0 unspecified atom stereocenters. The zero-order valence-corrected chi connectivity index (χ0v) is 19.6. The van der Waals surface area contributed by atoms with Crippen LogP contribution < -0.4 is 9.47 Å². The van der Waals surface area contributed by atoms with Crippen LogP contribution in [-0.4, -0.2) is 12.4 Å². The Morgan fingerprint density at radius 3 is 2.20 bits per heavy atom. The Hall–Kier alpha value is -4.37. The number of benzene rings is 4. The SMILES string of the molecule is CCOc1ccc(C(=O)/C=C\C2=C(c3ccccc3)Oc3ccccc3[C@@H]2c2ccccc2)cc1. The summed E-state index contributed by atoms with van der Waals surface area (Å²) in [6.07, 6.45) is 3.55. The molecule has 1 heterocycles. The van der Waals surface area contributed by atoms with E-state index in [0.29, 0.717) is 12.2 Å². The molecule has 1 atom stereocenters. The fourth-order valence-corrected chi connectivity index (χ4v) is 4.41. The molecule has 0 aliphatic carbocycles. The molecule has 0 saturated heterocycles. The number of carbonyl (C=O) groups is 1. The Labute approximate surface area is 206 Å². The first-order valence-electron chi connectivity index (χ1n) is 11.8. The van der Waals surface area contributed by atoms with Crippen molar-refractivity contribution in [1.82, 2.24) is 0 Å². The van der Waals surface area contributed by atoms with Crippen molar-refractivity contribution in [3.8, 4) is 11.5 Å². The van der Waals surface area contributed by atoms with Crippen molar-refractivity contribution in [2.24, 2.45) is 0 Å². The topological polar surface area (TPSA) is 35.5 Å². The van der Waals surface area contributed by atoms with E-state index in [0.717, 1.165) is 39.5 Å². The minimum Gasteiger partial charge on any atom is -0.494 e. The molecule has 35 heavy (non-hydrogen) atoms. The van der Waals surface area contributed by atoms with Crippen molar-refractivity contribution in [1.29, 1.82) is 0 Å². The standard InChI is InChI=1S/C32H26O3/c1-2-34-26-19-17-23(18-20-26)29(33)22-21-28-31(24-11-5-3-6-12-24)27-15-9-10-16-30(27)35-32(28)25-13-7-4-8-14-25/h3-22,31H,2H2,1H3/b22-21-/t31-/m0/s1. The average Bonchev–Trinajstić information content (AvgIpc) is 2.92. The van der Waals surface area contributed by atoms with E-state index in [1.807, 2.05) is 91.9 Å². The van der Waals surface area contributed by atoms with Crippen LogP contribution in [0.15, 0.2) is 127 Å². The van der Waals surface area contributed by atoms with Crippen LogP contribution in [0.4, 0.5) is 0 Å². The van der Waals surface area contributed by atoms with Gasteiger partial charge in [0.25, 0.3) is 0 Å². The van der Waals surface area contributed by atoms with Gasteiger partial charge in [-0.1, -0.05) is 84.9 Å². The quantitative estimate of drug-likeness (QED) is 0.213. The minimum absolute atomic E-state index is 0.0688. The highest BCUT2D eigenvalue weighted by Crippen LogP contribution is 2.46. The van der Waals surface area contributed by atoms with E-state index in [1.54, 1.807) is 18.2 Å². The summed E-state index contributed by atoms with van der Waals surface area (Å²) in [7, 11) is 0. The van der Waals surface area contributed by atoms with E-state index >= 15 is 0 Å². The number of ether oxygens (including phenoxy) is 2. The van der Waals surface area contributed by atoms with Crippen molar-refractivity contribution < 1.29 is 14.3 Å². The number of fused-ring (bicyclic) bond motifs is 1. The highest BCUT2D eigenvalue weighted by Gasteiger charge is 2.30. The summed E-state index contributed by atoms with van der Waals surface area (Å²) >= 11 is 0. The van der Waals surface area contributed by atoms with E-state index in [2.05, 4.69) is 18.2 Å². The van der Waals surface area contributed by atoms with Gasteiger partial charge in [0.1, 0.15) is 17.3 Å². The van der Waals surface area contributed by atoms with E-state index in [-0.39, 0.29) is 11.7 Å². The molecule has 0 amide bonds. The molecule has 0 bridgehead atoms. The van der Waals surface area contributed by atoms with Crippen LogP contribution in [0, 0.1) is 0 Å². The first kappa shape index (κ1) is 22.4. The molecule has 0 fully saturated rings. The highest BCUT2D eigenvalue weighted by molar-refractivity contribution is 6.05. The lowest BCUT2D eigenvalue weighted by Gasteiger charge is -2.30. The Balaban J connectivity index is 1.61. The molecule has 0 saturated carbocycles. The largest absolute Gasteiger partial charge is 0.494 e. The molecule has 1 aliphatic heterocycles. The second-order valence-corrected chi connectivity index (χ2v) is 8.29. The lowest BCUT2D eigenvalue weighted by atomic mass is 9.81. The Morgan fingerprint density at radius 2 is 1.49 bits per heavy atom. The number of allylic oxidation sites excluding steroid dienone is 3. The molecule has 3 heteroatoms. The molecule has 172 valence electrons. The second kappa shape index (κ2) is 10.3. The third kappa shape index (κ3) is 4.80. The van der Waals surface area contributed by atoms with Gasteiger partial charge in [-0.3, -0.25) is 4.79 Å². The van der Waals surface area contributed by atoms with E-state index in [9.17, 15) is 4.79 Å². The van der Waals surface area contributed by atoms with Crippen LogP contribution in [-0.2, 0) is 0 Å². The molecule has 4 aromatic carbocycles. The predicted molar refractivity (Wildman–Crippen MR) is 140 cm³/mol. The van der Waals surface area contributed by atoms with Crippen LogP contribution in [0.5, 0.6) is 11.5 Å². The molecule has 4 aromatic rings.